The summed E-state index contributed by atoms with van der Waals surface area (Å²) in [5.74, 6) is 4.63. The molecule has 1 fully saturated rings. The zero-order chi connectivity index (χ0) is 18.2. The quantitative estimate of drug-likeness (QED) is 0.387. The minimum Gasteiger partial charge on any atom is -0.490 e. The van der Waals surface area contributed by atoms with Gasteiger partial charge in [0.15, 0.2) is 17.5 Å². The number of fused-ring (bicyclic) bond motifs is 4. The third-order valence-corrected chi connectivity index (χ3v) is 5.94. The van der Waals surface area contributed by atoms with Gasteiger partial charge < -0.3 is 20.1 Å². The van der Waals surface area contributed by atoms with Gasteiger partial charge >= 0.3 is 0 Å². The third-order valence-electron chi connectivity index (χ3n) is 5.94. The van der Waals surface area contributed by atoms with Crippen LogP contribution in [0.4, 0.5) is 5.69 Å². The minimum absolute atomic E-state index is 0. The highest BCUT2D eigenvalue weighted by Gasteiger charge is 2.54. The molecule has 0 spiro atoms. The van der Waals surface area contributed by atoms with Gasteiger partial charge in [-0.3, -0.25) is 4.99 Å². The molecule has 5 rings (SSSR count). The van der Waals surface area contributed by atoms with Gasteiger partial charge in [-0.25, -0.2) is 0 Å². The lowest BCUT2D eigenvalue weighted by atomic mass is 10.0. The largest absolute Gasteiger partial charge is 0.490 e. The van der Waals surface area contributed by atoms with Crippen LogP contribution < -0.4 is 20.1 Å². The highest BCUT2D eigenvalue weighted by molar-refractivity contribution is 14.0. The van der Waals surface area contributed by atoms with Crippen LogP contribution in [-0.4, -0.2) is 32.8 Å². The Hall–Kier alpha value is -1.96. The summed E-state index contributed by atoms with van der Waals surface area (Å²) in [6.45, 7) is 2.35. The summed E-state index contributed by atoms with van der Waals surface area (Å²) in [5.41, 5.74) is 4.05. The van der Waals surface area contributed by atoms with Gasteiger partial charge in [-0.15, -0.1) is 24.0 Å². The topological polar surface area (TPSA) is 54.9 Å². The zero-order valence-corrected chi connectivity index (χ0v) is 18.3. The van der Waals surface area contributed by atoms with Crippen molar-refractivity contribution in [3.05, 3.63) is 53.6 Å². The van der Waals surface area contributed by atoms with Crippen molar-refractivity contribution < 1.29 is 9.47 Å². The Kier molecular flexibility index (Phi) is 5.66. The molecule has 1 aliphatic heterocycles. The first-order valence-corrected chi connectivity index (χ1v) is 9.78. The molecule has 3 unspecified atom stereocenters. The maximum absolute atomic E-state index is 5.77. The van der Waals surface area contributed by atoms with Crippen molar-refractivity contribution in [1.82, 2.24) is 5.32 Å². The first-order chi connectivity index (χ1) is 13.3. The molecule has 0 aromatic heterocycles. The molecule has 2 aromatic carbocycles. The number of rotatable bonds is 3. The molecule has 0 bridgehead atoms. The highest BCUT2D eigenvalue weighted by atomic mass is 127. The maximum Gasteiger partial charge on any atom is 0.195 e. The SMILES string of the molecule is CN=C(NCC1C2Cc3ccccc3C12)Nc1ccc2c(c1)OCCCO2.I. The number of halogens is 1. The zero-order valence-electron chi connectivity index (χ0n) is 16.0. The molecular formula is C22H26IN3O2. The summed E-state index contributed by atoms with van der Waals surface area (Å²) < 4.78 is 11.5. The van der Waals surface area contributed by atoms with Crippen LogP contribution >= 0.6 is 24.0 Å². The number of ether oxygens (including phenoxy) is 2. The molecule has 0 saturated heterocycles. The van der Waals surface area contributed by atoms with Crippen molar-refractivity contribution in [2.75, 3.05) is 32.1 Å². The van der Waals surface area contributed by atoms with E-state index in [2.05, 4.69) is 39.9 Å². The molecule has 28 heavy (non-hydrogen) atoms. The first kappa shape index (κ1) is 19.4. The van der Waals surface area contributed by atoms with E-state index in [1.54, 1.807) is 18.2 Å². The molecule has 2 aliphatic carbocycles. The van der Waals surface area contributed by atoms with Crippen molar-refractivity contribution in [2.45, 2.75) is 18.8 Å². The molecule has 1 heterocycles. The summed E-state index contributed by atoms with van der Waals surface area (Å²) in [7, 11) is 1.81. The number of guanidine groups is 1. The van der Waals surface area contributed by atoms with E-state index in [1.807, 2.05) is 18.2 Å². The summed E-state index contributed by atoms with van der Waals surface area (Å²) >= 11 is 0. The van der Waals surface area contributed by atoms with Crippen LogP contribution in [0, 0.1) is 11.8 Å². The maximum atomic E-state index is 5.77. The van der Waals surface area contributed by atoms with E-state index in [-0.39, 0.29) is 24.0 Å². The van der Waals surface area contributed by atoms with Gasteiger partial charge in [0.2, 0.25) is 0 Å². The number of nitrogens with one attached hydrogen (secondary N) is 2. The number of hydrogen-bond donors (Lipinski definition) is 2. The third kappa shape index (κ3) is 3.66. The summed E-state index contributed by atoms with van der Waals surface area (Å²) in [4.78, 5) is 4.37. The van der Waals surface area contributed by atoms with Gasteiger partial charge in [-0.05, 0) is 47.4 Å². The van der Waals surface area contributed by atoms with Gasteiger partial charge in [0.25, 0.3) is 0 Å². The van der Waals surface area contributed by atoms with Crippen LogP contribution in [-0.2, 0) is 6.42 Å². The predicted octanol–water partition coefficient (Wildman–Crippen LogP) is 4.04. The first-order valence-electron chi connectivity index (χ1n) is 9.78. The van der Waals surface area contributed by atoms with E-state index in [0.29, 0.717) is 19.1 Å². The molecule has 3 aliphatic rings. The Morgan fingerprint density at radius 3 is 2.79 bits per heavy atom. The number of nitrogens with zero attached hydrogens (tertiary/aromatic N) is 1. The second-order valence-corrected chi connectivity index (χ2v) is 7.55. The van der Waals surface area contributed by atoms with E-state index in [9.17, 15) is 0 Å². The molecule has 2 N–H and O–H groups in total. The van der Waals surface area contributed by atoms with Gasteiger partial charge in [0, 0.05) is 31.8 Å². The van der Waals surface area contributed by atoms with Gasteiger partial charge in [0.05, 0.1) is 13.2 Å². The van der Waals surface area contributed by atoms with Crippen LogP contribution in [0.1, 0.15) is 23.5 Å². The molecule has 148 valence electrons. The number of aliphatic imine (C=N–C) groups is 1. The van der Waals surface area contributed by atoms with Crippen molar-refractivity contribution >= 4 is 35.6 Å². The van der Waals surface area contributed by atoms with E-state index in [4.69, 9.17) is 9.47 Å². The number of benzene rings is 2. The van der Waals surface area contributed by atoms with Gasteiger partial charge in [-0.2, -0.15) is 0 Å². The fourth-order valence-electron chi connectivity index (χ4n) is 4.53. The average molecular weight is 491 g/mol. The fourth-order valence-corrected chi connectivity index (χ4v) is 4.53. The van der Waals surface area contributed by atoms with Crippen LogP contribution in [0.25, 0.3) is 0 Å². The smallest absolute Gasteiger partial charge is 0.195 e. The van der Waals surface area contributed by atoms with Crippen molar-refractivity contribution in [1.29, 1.82) is 0 Å². The van der Waals surface area contributed by atoms with E-state index < -0.39 is 0 Å². The molecule has 0 amide bonds. The Labute approximate surface area is 182 Å². The monoisotopic (exact) mass is 491 g/mol. The van der Waals surface area contributed by atoms with E-state index in [1.165, 1.54) is 6.42 Å². The summed E-state index contributed by atoms with van der Waals surface area (Å²) in [5, 5.41) is 6.87. The molecule has 3 atom stereocenters. The summed E-state index contributed by atoms with van der Waals surface area (Å²) in [6.07, 6.45) is 2.13. The van der Waals surface area contributed by atoms with Crippen molar-refractivity contribution in [3.8, 4) is 11.5 Å². The lowest BCUT2D eigenvalue weighted by Crippen LogP contribution is -2.33. The van der Waals surface area contributed by atoms with Crippen molar-refractivity contribution in [3.63, 3.8) is 0 Å². The minimum atomic E-state index is 0. The standard InChI is InChI=1S/C22H25N3O2.HI/c1-23-22(25-15-7-8-19-20(12-15)27-10-4-9-26-19)24-13-18-17-11-14-5-2-3-6-16(14)21(17)18;/h2-3,5-8,12,17-18,21H,4,9-11,13H2,1H3,(H2,23,24,25);1H. The molecule has 2 aromatic rings. The van der Waals surface area contributed by atoms with Crippen LogP contribution in [0.15, 0.2) is 47.5 Å². The normalized spacial score (nSPS) is 24.3. The van der Waals surface area contributed by atoms with Gasteiger partial charge in [0.1, 0.15) is 0 Å². The second-order valence-electron chi connectivity index (χ2n) is 7.55. The highest BCUT2D eigenvalue weighted by Crippen LogP contribution is 2.60. The van der Waals surface area contributed by atoms with Crippen molar-refractivity contribution in [2.24, 2.45) is 16.8 Å². The molecule has 0 radical (unpaired) electrons. The van der Waals surface area contributed by atoms with E-state index >= 15 is 0 Å². The number of anilines is 1. The second kappa shape index (κ2) is 8.19. The molecule has 1 saturated carbocycles. The lowest BCUT2D eigenvalue weighted by Gasteiger charge is -2.15. The fraction of sp³-hybridized carbons (Fsp3) is 0.409. The predicted molar refractivity (Wildman–Crippen MR) is 122 cm³/mol. The Bertz CT molecular complexity index is 886. The Morgan fingerprint density at radius 2 is 1.93 bits per heavy atom. The number of hydrogen-bond acceptors (Lipinski definition) is 3. The summed E-state index contributed by atoms with van der Waals surface area (Å²) in [6, 6.07) is 14.8. The molecule has 5 nitrogen and oxygen atoms in total. The van der Waals surface area contributed by atoms with Crippen LogP contribution in [0.2, 0.25) is 0 Å². The Balaban J connectivity index is 0.00000192. The Morgan fingerprint density at radius 1 is 1.11 bits per heavy atom. The van der Waals surface area contributed by atoms with Gasteiger partial charge in [-0.1, -0.05) is 24.3 Å². The van der Waals surface area contributed by atoms with E-state index in [0.717, 1.165) is 47.9 Å². The lowest BCUT2D eigenvalue weighted by molar-refractivity contribution is 0.297. The molecule has 6 heteroatoms. The van der Waals surface area contributed by atoms with Crippen LogP contribution in [0.3, 0.4) is 0 Å². The average Bonchev–Trinajstić information content (AvgIpc) is 3.32. The van der Waals surface area contributed by atoms with Crippen LogP contribution in [0.5, 0.6) is 11.5 Å². The molecular weight excluding hydrogens is 465 g/mol.